The monoisotopic (exact) mass is 577 g/mol. The van der Waals surface area contributed by atoms with Gasteiger partial charge in [0, 0.05) is 23.4 Å². The predicted octanol–water partition coefficient (Wildman–Crippen LogP) is 8.33. The van der Waals surface area contributed by atoms with Gasteiger partial charge in [0.05, 0.1) is 6.10 Å². The third kappa shape index (κ3) is 6.76. The van der Waals surface area contributed by atoms with E-state index in [1.807, 2.05) is 12.1 Å². The molecule has 40 heavy (non-hydrogen) atoms. The largest absolute Gasteiger partial charge is 0.487 e. The van der Waals surface area contributed by atoms with Crippen LogP contribution in [0.1, 0.15) is 111 Å². The molecule has 3 rings (SSSR count). The van der Waals surface area contributed by atoms with Crippen LogP contribution >= 0.6 is 7.52 Å². The van der Waals surface area contributed by atoms with Gasteiger partial charge in [0.15, 0.2) is 0 Å². The van der Waals surface area contributed by atoms with Crippen molar-refractivity contribution in [3.63, 3.8) is 0 Å². The Bertz CT molecular complexity index is 1170. The van der Waals surface area contributed by atoms with E-state index in [2.05, 4.69) is 33.8 Å². The van der Waals surface area contributed by atoms with E-state index < -0.39 is 43.0 Å². The second kappa shape index (κ2) is 12.7. The molecule has 0 fully saturated rings. The molecular weight excluding hydrogens is 529 g/mol. The quantitative estimate of drug-likeness (QED) is 0.150. The van der Waals surface area contributed by atoms with Crippen LogP contribution in [0.2, 0.25) is 0 Å². The highest BCUT2D eigenvalue weighted by Crippen LogP contribution is 2.60. The molecule has 0 bridgehead atoms. The molecule has 0 amide bonds. The molecule has 4 atom stereocenters. The standard InChI is InChI=1S/C31H48NO7P/c1-10-11-12-13-23-17-26-28(24-16-21(6)14-15-25(24)31(8,9)38-26)27(18-23)39-40(36,30(35)37-20(4)5)32(19(2)3)22(7)29(33)34/h16-20,22,24-25H,10-15H2,1-9H3,(H,33,34)/t22-,24+,25+,40?/m0/s1. The number of rotatable bonds is 12. The van der Waals surface area contributed by atoms with E-state index in [0.29, 0.717) is 11.5 Å². The zero-order chi connectivity index (χ0) is 30.0. The van der Waals surface area contributed by atoms with Gasteiger partial charge in [0.1, 0.15) is 23.1 Å². The maximum Gasteiger partial charge on any atom is 0.427 e. The summed E-state index contributed by atoms with van der Waals surface area (Å²) in [5.74, 6) is -0.161. The molecule has 0 spiro atoms. The molecule has 8 nitrogen and oxygen atoms in total. The van der Waals surface area contributed by atoms with Crippen LogP contribution in [0, 0.1) is 5.92 Å². The highest BCUT2D eigenvalue weighted by atomic mass is 31.2. The lowest BCUT2D eigenvalue weighted by molar-refractivity contribution is -0.141. The molecule has 0 saturated carbocycles. The maximum absolute atomic E-state index is 14.8. The first-order chi connectivity index (χ1) is 18.6. The molecule has 2 aliphatic rings. The number of carboxylic acids is 1. The van der Waals surface area contributed by atoms with Crippen LogP contribution in [0.15, 0.2) is 23.8 Å². The molecule has 1 N–H and O–H groups in total. The number of carbonyl (C=O) groups is 2. The first-order valence-electron chi connectivity index (χ1n) is 14.7. The van der Waals surface area contributed by atoms with Gasteiger partial charge in [0.25, 0.3) is 0 Å². The lowest BCUT2D eigenvalue weighted by atomic mass is 9.68. The minimum absolute atomic E-state index is 0.0637. The molecule has 1 aliphatic carbocycles. The van der Waals surface area contributed by atoms with Gasteiger partial charge >= 0.3 is 19.2 Å². The van der Waals surface area contributed by atoms with E-state index in [0.717, 1.165) is 54.3 Å². The summed E-state index contributed by atoms with van der Waals surface area (Å²) < 4.78 is 34.4. The molecule has 1 aromatic rings. The molecule has 1 aliphatic heterocycles. The molecule has 224 valence electrons. The topological polar surface area (TPSA) is 102 Å². The summed E-state index contributed by atoms with van der Waals surface area (Å²) in [5, 5.41) is 9.89. The smallest absolute Gasteiger partial charge is 0.427 e. The summed E-state index contributed by atoms with van der Waals surface area (Å²) in [4.78, 5) is 25.7. The average Bonchev–Trinajstić information content (AvgIpc) is 2.82. The Morgan fingerprint density at radius 3 is 2.42 bits per heavy atom. The number of allylic oxidation sites excluding steroid dienone is 2. The molecule has 1 aromatic carbocycles. The Morgan fingerprint density at radius 1 is 1.18 bits per heavy atom. The van der Waals surface area contributed by atoms with Gasteiger partial charge < -0.3 is 19.1 Å². The number of hydrogen-bond acceptors (Lipinski definition) is 6. The number of carboxylic acid groups (broad SMARTS) is 1. The van der Waals surface area contributed by atoms with Crippen molar-refractivity contribution in [2.45, 2.75) is 131 Å². The molecule has 1 unspecified atom stereocenters. The Kier molecular flexibility index (Phi) is 10.2. The summed E-state index contributed by atoms with van der Waals surface area (Å²) in [7, 11) is -4.54. The van der Waals surface area contributed by atoms with Gasteiger partial charge in [-0.15, -0.1) is 0 Å². The first-order valence-corrected chi connectivity index (χ1v) is 16.3. The van der Waals surface area contributed by atoms with Crippen molar-refractivity contribution in [1.82, 2.24) is 4.67 Å². The Hall–Kier alpha value is -2.31. The van der Waals surface area contributed by atoms with E-state index in [1.54, 1.807) is 27.7 Å². The van der Waals surface area contributed by atoms with Gasteiger partial charge in [-0.25, -0.2) is 9.36 Å². The number of unbranched alkanes of at least 4 members (excludes halogenated alkanes) is 2. The van der Waals surface area contributed by atoms with Gasteiger partial charge in [0.2, 0.25) is 0 Å². The number of ether oxygens (including phenoxy) is 2. The lowest BCUT2D eigenvalue weighted by Gasteiger charge is -2.47. The fourth-order valence-corrected chi connectivity index (χ4v) is 8.31. The summed E-state index contributed by atoms with van der Waals surface area (Å²) >= 11 is 0. The second-order valence-corrected chi connectivity index (χ2v) is 14.4. The highest BCUT2D eigenvalue weighted by molar-refractivity contribution is 7.73. The van der Waals surface area contributed by atoms with Gasteiger partial charge in [-0.1, -0.05) is 31.4 Å². The van der Waals surface area contributed by atoms with E-state index in [9.17, 15) is 19.3 Å². The van der Waals surface area contributed by atoms with Crippen molar-refractivity contribution in [2.75, 3.05) is 0 Å². The third-order valence-electron chi connectivity index (χ3n) is 7.96. The van der Waals surface area contributed by atoms with Crippen molar-refractivity contribution < 1.29 is 33.3 Å². The fraction of sp³-hybridized carbons (Fsp3) is 0.677. The summed E-state index contributed by atoms with van der Waals surface area (Å²) in [6, 6.07) is 2.07. The highest BCUT2D eigenvalue weighted by Gasteiger charge is 2.51. The summed E-state index contributed by atoms with van der Waals surface area (Å²) in [6.07, 6.45) is 7.42. The number of fused-ring (bicyclic) bond motifs is 3. The van der Waals surface area contributed by atoms with Crippen molar-refractivity contribution in [2.24, 2.45) is 5.92 Å². The van der Waals surface area contributed by atoms with Crippen molar-refractivity contribution in [3.05, 3.63) is 34.9 Å². The van der Waals surface area contributed by atoms with Gasteiger partial charge in [-0.05, 0) is 98.8 Å². The zero-order valence-electron chi connectivity index (χ0n) is 25.7. The van der Waals surface area contributed by atoms with Crippen molar-refractivity contribution in [3.8, 4) is 11.5 Å². The van der Waals surface area contributed by atoms with E-state index >= 15 is 0 Å². The Labute approximate surface area is 240 Å². The molecule has 0 saturated heterocycles. The molecule has 9 heteroatoms. The lowest BCUT2D eigenvalue weighted by Crippen LogP contribution is -2.46. The third-order valence-corrected chi connectivity index (χ3v) is 10.4. The molecule has 0 aromatic heterocycles. The average molecular weight is 578 g/mol. The van der Waals surface area contributed by atoms with Gasteiger partial charge in [-0.2, -0.15) is 4.67 Å². The summed E-state index contributed by atoms with van der Waals surface area (Å²) in [6.45, 7) is 16.6. The SMILES string of the molecule is CCCCCc1cc2c(c(OP(=O)(C(=O)OC(C)C)N(C(C)C)[C@@H](C)C(=O)O)c1)[C@@H]1C=C(C)CC[C@H]1C(C)(C)O2. The van der Waals surface area contributed by atoms with Crippen LogP contribution < -0.4 is 9.26 Å². The first kappa shape index (κ1) is 32.2. The second-order valence-electron chi connectivity index (χ2n) is 12.4. The summed E-state index contributed by atoms with van der Waals surface area (Å²) in [5.41, 5.74) is 1.48. The van der Waals surface area contributed by atoms with Crippen LogP contribution in [0.3, 0.4) is 0 Å². The number of aryl methyl sites for hydroxylation is 1. The fourth-order valence-electron chi connectivity index (χ4n) is 6.03. The number of nitrogens with zero attached hydrogens (tertiary/aromatic N) is 1. The maximum atomic E-state index is 14.8. The molecular formula is C31H48NO7P. The zero-order valence-corrected chi connectivity index (χ0v) is 26.5. The van der Waals surface area contributed by atoms with Crippen LogP contribution in [0.25, 0.3) is 0 Å². The molecule has 0 radical (unpaired) electrons. The Balaban J connectivity index is 2.27. The van der Waals surface area contributed by atoms with E-state index in [4.69, 9.17) is 14.0 Å². The van der Waals surface area contributed by atoms with Crippen molar-refractivity contribution in [1.29, 1.82) is 0 Å². The van der Waals surface area contributed by atoms with Crippen molar-refractivity contribution >= 4 is 19.2 Å². The Morgan fingerprint density at radius 2 is 1.85 bits per heavy atom. The normalized spacial score (nSPS) is 22.1. The van der Waals surface area contributed by atoms with Crippen LogP contribution in [-0.4, -0.2) is 45.2 Å². The van der Waals surface area contributed by atoms with Gasteiger partial charge in [-0.3, -0.25) is 4.79 Å². The minimum Gasteiger partial charge on any atom is -0.487 e. The number of benzene rings is 1. The number of carbonyl (C=O) groups excluding carboxylic acids is 1. The minimum atomic E-state index is -4.54. The van der Waals surface area contributed by atoms with Crippen LogP contribution in [-0.2, 0) is 20.5 Å². The van der Waals surface area contributed by atoms with Crippen LogP contribution in [0.5, 0.6) is 11.5 Å². The van der Waals surface area contributed by atoms with E-state index in [1.165, 1.54) is 12.5 Å². The number of aliphatic carboxylic acids is 1. The number of hydrogen-bond donors (Lipinski definition) is 1. The molecule has 1 heterocycles. The van der Waals surface area contributed by atoms with Crippen LogP contribution in [0.4, 0.5) is 4.79 Å². The van der Waals surface area contributed by atoms with E-state index in [-0.39, 0.29) is 11.8 Å². The predicted molar refractivity (Wildman–Crippen MR) is 158 cm³/mol.